The number of piperidine rings is 1. The Hall–Kier alpha value is -2.39. The first-order valence-corrected chi connectivity index (χ1v) is 6.67. The molecule has 102 valence electrons. The van der Waals surface area contributed by atoms with Gasteiger partial charge in [0.15, 0.2) is 0 Å². The Balaban J connectivity index is 1.93. The van der Waals surface area contributed by atoms with Crippen LogP contribution in [0.25, 0.3) is 5.69 Å². The SMILES string of the molecule is N#Cc1ccc(-n2cnn(C3CCNCC3)c2=O)cc1. The summed E-state index contributed by atoms with van der Waals surface area (Å²) in [6, 6.07) is 9.14. The molecule has 0 amide bonds. The van der Waals surface area contributed by atoms with Gasteiger partial charge in [0, 0.05) is 0 Å². The van der Waals surface area contributed by atoms with Crippen molar-refractivity contribution >= 4 is 0 Å². The zero-order chi connectivity index (χ0) is 13.9. The van der Waals surface area contributed by atoms with Crippen molar-refractivity contribution in [1.82, 2.24) is 19.7 Å². The molecular formula is C14H15N5O. The summed E-state index contributed by atoms with van der Waals surface area (Å²) in [4.78, 5) is 12.4. The van der Waals surface area contributed by atoms with Gasteiger partial charge in [-0.25, -0.2) is 14.0 Å². The maximum absolute atomic E-state index is 12.4. The second-order valence-corrected chi connectivity index (χ2v) is 4.87. The highest BCUT2D eigenvalue weighted by Gasteiger charge is 2.19. The van der Waals surface area contributed by atoms with Crippen LogP contribution in [0, 0.1) is 11.3 Å². The molecule has 3 rings (SSSR count). The summed E-state index contributed by atoms with van der Waals surface area (Å²) in [5.41, 5.74) is 1.18. The molecule has 2 heterocycles. The molecule has 0 aliphatic carbocycles. The van der Waals surface area contributed by atoms with Crippen LogP contribution in [0.5, 0.6) is 0 Å². The lowest BCUT2D eigenvalue weighted by atomic mass is 10.1. The Bertz CT molecular complexity index is 686. The van der Waals surface area contributed by atoms with Crippen LogP contribution in [0.3, 0.4) is 0 Å². The third-order valence-corrected chi connectivity index (χ3v) is 3.62. The van der Waals surface area contributed by atoms with Gasteiger partial charge < -0.3 is 5.32 Å². The smallest absolute Gasteiger partial charge is 0.317 e. The molecule has 1 fully saturated rings. The van der Waals surface area contributed by atoms with E-state index in [0.717, 1.165) is 31.6 Å². The molecule has 0 radical (unpaired) electrons. The van der Waals surface area contributed by atoms with Gasteiger partial charge in [0.2, 0.25) is 0 Å². The molecule has 0 atom stereocenters. The van der Waals surface area contributed by atoms with Gasteiger partial charge in [0.05, 0.1) is 23.4 Å². The van der Waals surface area contributed by atoms with E-state index in [2.05, 4.69) is 16.5 Å². The molecule has 1 aromatic carbocycles. The summed E-state index contributed by atoms with van der Waals surface area (Å²) < 4.78 is 3.09. The number of rotatable bonds is 2. The summed E-state index contributed by atoms with van der Waals surface area (Å²) >= 11 is 0. The van der Waals surface area contributed by atoms with Crippen molar-refractivity contribution in [3.8, 4) is 11.8 Å². The Labute approximate surface area is 116 Å². The summed E-state index contributed by atoms with van der Waals surface area (Å²) in [7, 11) is 0. The Morgan fingerprint density at radius 1 is 1.25 bits per heavy atom. The van der Waals surface area contributed by atoms with Crippen molar-refractivity contribution in [2.45, 2.75) is 18.9 Å². The molecule has 1 aromatic heterocycles. The first-order chi connectivity index (χ1) is 9.79. The Kier molecular flexibility index (Phi) is 3.35. The number of nitriles is 1. The molecule has 0 saturated carbocycles. The number of aromatic nitrogens is 3. The second kappa shape index (κ2) is 5.31. The lowest BCUT2D eigenvalue weighted by molar-refractivity contribution is 0.334. The molecule has 1 aliphatic rings. The van der Waals surface area contributed by atoms with Crippen LogP contribution in [0.4, 0.5) is 0 Å². The van der Waals surface area contributed by atoms with Crippen LogP contribution in [0.1, 0.15) is 24.4 Å². The minimum Gasteiger partial charge on any atom is -0.317 e. The van der Waals surface area contributed by atoms with Crippen LogP contribution < -0.4 is 11.0 Å². The molecular weight excluding hydrogens is 254 g/mol. The minimum atomic E-state index is -0.124. The molecule has 20 heavy (non-hydrogen) atoms. The quantitative estimate of drug-likeness (QED) is 0.876. The van der Waals surface area contributed by atoms with Crippen LogP contribution in [-0.2, 0) is 0 Å². The second-order valence-electron chi connectivity index (χ2n) is 4.87. The van der Waals surface area contributed by atoms with E-state index in [1.54, 1.807) is 35.3 Å². The summed E-state index contributed by atoms with van der Waals surface area (Å²) in [6.07, 6.45) is 3.39. The van der Waals surface area contributed by atoms with E-state index in [1.165, 1.54) is 4.57 Å². The zero-order valence-corrected chi connectivity index (χ0v) is 11.0. The predicted molar refractivity (Wildman–Crippen MR) is 73.7 cm³/mol. The largest absolute Gasteiger partial charge is 0.350 e. The highest BCUT2D eigenvalue weighted by molar-refractivity contribution is 5.38. The normalized spacial score (nSPS) is 15.9. The van der Waals surface area contributed by atoms with Gasteiger partial charge >= 0.3 is 5.69 Å². The fourth-order valence-corrected chi connectivity index (χ4v) is 2.49. The summed E-state index contributed by atoms with van der Waals surface area (Å²) in [5.74, 6) is 0. The third kappa shape index (κ3) is 2.24. The van der Waals surface area contributed by atoms with E-state index >= 15 is 0 Å². The molecule has 0 unspecified atom stereocenters. The number of nitrogens with one attached hydrogen (secondary N) is 1. The van der Waals surface area contributed by atoms with Gasteiger partial charge in [-0.05, 0) is 50.2 Å². The van der Waals surface area contributed by atoms with Gasteiger partial charge in [-0.3, -0.25) is 0 Å². The first-order valence-electron chi connectivity index (χ1n) is 6.67. The number of benzene rings is 1. The van der Waals surface area contributed by atoms with E-state index in [9.17, 15) is 4.79 Å². The van der Waals surface area contributed by atoms with E-state index in [0.29, 0.717) is 5.56 Å². The van der Waals surface area contributed by atoms with Crippen LogP contribution in [-0.4, -0.2) is 27.4 Å². The lowest BCUT2D eigenvalue weighted by Crippen LogP contribution is -2.35. The molecule has 6 nitrogen and oxygen atoms in total. The van der Waals surface area contributed by atoms with E-state index < -0.39 is 0 Å². The summed E-state index contributed by atoms with van der Waals surface area (Å²) in [5, 5.41) is 16.3. The van der Waals surface area contributed by atoms with Crippen LogP contribution in [0.15, 0.2) is 35.4 Å². The van der Waals surface area contributed by atoms with Crippen LogP contribution >= 0.6 is 0 Å². The fraction of sp³-hybridized carbons (Fsp3) is 0.357. The van der Waals surface area contributed by atoms with E-state index in [-0.39, 0.29) is 11.7 Å². The molecule has 0 bridgehead atoms. The molecule has 2 aromatic rings. The van der Waals surface area contributed by atoms with Crippen LogP contribution in [0.2, 0.25) is 0 Å². The van der Waals surface area contributed by atoms with Gasteiger partial charge in [-0.2, -0.15) is 10.4 Å². The van der Waals surface area contributed by atoms with Gasteiger partial charge in [-0.15, -0.1) is 0 Å². The maximum atomic E-state index is 12.4. The molecule has 1 aliphatic heterocycles. The fourth-order valence-electron chi connectivity index (χ4n) is 2.49. The van der Waals surface area contributed by atoms with E-state index in [4.69, 9.17) is 5.26 Å². The zero-order valence-electron chi connectivity index (χ0n) is 11.0. The minimum absolute atomic E-state index is 0.124. The average molecular weight is 269 g/mol. The first kappa shape index (κ1) is 12.6. The highest BCUT2D eigenvalue weighted by atomic mass is 16.2. The van der Waals surface area contributed by atoms with Crippen molar-refractivity contribution in [2.75, 3.05) is 13.1 Å². The van der Waals surface area contributed by atoms with Gasteiger partial charge in [0.1, 0.15) is 6.33 Å². The van der Waals surface area contributed by atoms with Crippen molar-refractivity contribution in [3.63, 3.8) is 0 Å². The number of hydrogen-bond donors (Lipinski definition) is 1. The van der Waals surface area contributed by atoms with Crippen molar-refractivity contribution < 1.29 is 0 Å². The molecule has 1 saturated heterocycles. The van der Waals surface area contributed by atoms with Gasteiger partial charge in [-0.1, -0.05) is 0 Å². The van der Waals surface area contributed by atoms with E-state index in [1.807, 2.05) is 0 Å². The van der Waals surface area contributed by atoms with Gasteiger partial charge in [0.25, 0.3) is 0 Å². The lowest BCUT2D eigenvalue weighted by Gasteiger charge is -2.21. The third-order valence-electron chi connectivity index (χ3n) is 3.62. The summed E-state index contributed by atoms with van der Waals surface area (Å²) in [6.45, 7) is 1.83. The standard InChI is InChI=1S/C14H15N5O/c15-9-11-1-3-12(4-2-11)18-10-17-19(14(18)20)13-5-7-16-8-6-13/h1-4,10,13,16H,5-8H2. The average Bonchev–Trinajstić information content (AvgIpc) is 2.90. The number of nitrogens with zero attached hydrogens (tertiary/aromatic N) is 4. The highest BCUT2D eigenvalue weighted by Crippen LogP contribution is 2.15. The van der Waals surface area contributed by atoms with Crippen molar-refractivity contribution in [2.24, 2.45) is 0 Å². The Morgan fingerprint density at radius 2 is 1.95 bits per heavy atom. The topological polar surface area (TPSA) is 75.6 Å². The Morgan fingerprint density at radius 3 is 2.60 bits per heavy atom. The molecule has 1 N–H and O–H groups in total. The maximum Gasteiger partial charge on any atom is 0.350 e. The number of hydrogen-bond acceptors (Lipinski definition) is 4. The van der Waals surface area contributed by atoms with Crippen molar-refractivity contribution in [1.29, 1.82) is 5.26 Å². The molecule has 0 spiro atoms. The predicted octanol–water partition coefficient (Wildman–Crippen LogP) is 0.830. The van der Waals surface area contributed by atoms with Crippen molar-refractivity contribution in [3.05, 3.63) is 46.6 Å². The molecule has 6 heteroatoms. The monoisotopic (exact) mass is 269 g/mol.